The summed E-state index contributed by atoms with van der Waals surface area (Å²) in [6.45, 7) is -1.63. The van der Waals surface area contributed by atoms with Crippen molar-refractivity contribution in [1.29, 1.82) is 0 Å². The normalized spacial score (nSPS) is 16.3. The van der Waals surface area contributed by atoms with E-state index in [1.807, 2.05) is 0 Å². The number of nitrogens with one attached hydrogen (secondary N) is 3. The Hall–Kier alpha value is -2.04. The number of aromatic nitrogens is 1. The van der Waals surface area contributed by atoms with Gasteiger partial charge < -0.3 is 10.6 Å². The fraction of sp³-hybridized carbons (Fsp3) is 0.571. The maximum Gasteiger partial charge on any atom is 0.405 e. The van der Waals surface area contributed by atoms with Gasteiger partial charge in [-0.25, -0.2) is 17.9 Å². The number of alkyl halides is 3. The van der Waals surface area contributed by atoms with Gasteiger partial charge in [0.15, 0.2) is 0 Å². The third-order valence-corrected chi connectivity index (χ3v) is 5.07. The quantitative estimate of drug-likeness (QED) is 0.728. The Morgan fingerprint density at radius 1 is 1.24 bits per heavy atom. The molecule has 2 rings (SSSR count). The van der Waals surface area contributed by atoms with Crippen molar-refractivity contribution < 1.29 is 26.4 Å². The number of nitrogens with zero attached hydrogens (tertiary/aromatic N) is 1. The lowest BCUT2D eigenvalue weighted by atomic mass is 9.95. The Bertz CT molecular complexity index is 704. The summed E-state index contributed by atoms with van der Waals surface area (Å²) in [5, 5.41) is 4.57. The van der Waals surface area contributed by atoms with Crippen LogP contribution in [0.5, 0.6) is 0 Å². The predicted molar refractivity (Wildman–Crippen MR) is 84.5 cm³/mol. The molecule has 0 bridgehead atoms. The maximum atomic E-state index is 12.3. The van der Waals surface area contributed by atoms with E-state index in [0.29, 0.717) is 0 Å². The van der Waals surface area contributed by atoms with Gasteiger partial charge in [0.05, 0.1) is 5.69 Å². The molecule has 0 radical (unpaired) electrons. The van der Waals surface area contributed by atoms with E-state index in [2.05, 4.69) is 10.3 Å². The molecule has 1 heterocycles. The highest BCUT2D eigenvalue weighted by Crippen LogP contribution is 2.25. The zero-order valence-electron chi connectivity index (χ0n) is 13.3. The van der Waals surface area contributed by atoms with Crippen molar-refractivity contribution in [3.63, 3.8) is 0 Å². The topological polar surface area (TPSA) is 100 Å². The Morgan fingerprint density at radius 3 is 2.56 bits per heavy atom. The minimum absolute atomic E-state index is 0.101. The van der Waals surface area contributed by atoms with Crippen LogP contribution in [0.4, 0.5) is 23.7 Å². The molecule has 140 valence electrons. The molecule has 1 aromatic rings. The summed E-state index contributed by atoms with van der Waals surface area (Å²) >= 11 is 0. The van der Waals surface area contributed by atoms with Gasteiger partial charge >= 0.3 is 12.2 Å². The predicted octanol–water partition coefficient (Wildman–Crippen LogP) is 2.38. The van der Waals surface area contributed by atoms with Gasteiger partial charge in [-0.05, 0) is 18.9 Å². The van der Waals surface area contributed by atoms with E-state index in [0.717, 1.165) is 38.3 Å². The number of carbonyl (C=O) groups is 1. The molecule has 1 aliphatic rings. The third kappa shape index (κ3) is 6.07. The average molecular weight is 380 g/mol. The monoisotopic (exact) mass is 380 g/mol. The summed E-state index contributed by atoms with van der Waals surface area (Å²) in [7, 11) is -4.36. The van der Waals surface area contributed by atoms with Crippen molar-refractivity contribution in [3.05, 3.63) is 18.5 Å². The second-order valence-electron chi connectivity index (χ2n) is 5.75. The third-order valence-electron chi connectivity index (χ3n) is 3.72. The first-order chi connectivity index (χ1) is 11.7. The minimum Gasteiger partial charge on any atom is -0.381 e. The molecule has 3 N–H and O–H groups in total. The number of amides is 2. The number of hydrogen-bond donors (Lipinski definition) is 3. The van der Waals surface area contributed by atoms with Crippen molar-refractivity contribution in [1.82, 2.24) is 15.0 Å². The summed E-state index contributed by atoms with van der Waals surface area (Å²) in [6.07, 6.45) is 2.77. The molecule has 1 saturated carbocycles. The zero-order chi connectivity index (χ0) is 18.5. The van der Waals surface area contributed by atoms with Crippen LogP contribution < -0.4 is 15.4 Å². The largest absolute Gasteiger partial charge is 0.405 e. The molecule has 0 atom stereocenters. The first-order valence-corrected chi connectivity index (χ1v) is 9.24. The molecule has 2 amide bonds. The van der Waals surface area contributed by atoms with E-state index in [9.17, 15) is 26.4 Å². The number of rotatable bonds is 5. The Labute approximate surface area is 143 Å². The molecule has 0 spiro atoms. The van der Waals surface area contributed by atoms with E-state index in [-0.39, 0.29) is 16.6 Å². The van der Waals surface area contributed by atoms with Crippen LogP contribution in [0.3, 0.4) is 0 Å². The summed E-state index contributed by atoms with van der Waals surface area (Å²) in [6, 6.07) is 0.102. The molecule has 0 aliphatic heterocycles. The van der Waals surface area contributed by atoms with Gasteiger partial charge in [0.1, 0.15) is 11.4 Å². The van der Waals surface area contributed by atoms with Gasteiger partial charge in [0, 0.05) is 18.4 Å². The Balaban J connectivity index is 2.09. The molecule has 1 aliphatic carbocycles. The molecular formula is C14H19F3N4O3S. The van der Waals surface area contributed by atoms with E-state index in [1.54, 1.807) is 4.72 Å². The van der Waals surface area contributed by atoms with Crippen LogP contribution in [0.1, 0.15) is 32.1 Å². The van der Waals surface area contributed by atoms with Gasteiger partial charge in [-0.15, -0.1) is 0 Å². The van der Waals surface area contributed by atoms with Crippen LogP contribution >= 0.6 is 0 Å². The minimum atomic E-state index is -4.64. The van der Waals surface area contributed by atoms with E-state index in [4.69, 9.17) is 0 Å². The zero-order valence-corrected chi connectivity index (χ0v) is 14.1. The molecule has 0 saturated heterocycles. The van der Waals surface area contributed by atoms with E-state index < -0.39 is 28.8 Å². The highest BCUT2D eigenvalue weighted by atomic mass is 32.2. The number of urea groups is 1. The van der Waals surface area contributed by atoms with Gasteiger partial charge in [0.25, 0.3) is 10.0 Å². The summed E-state index contributed by atoms with van der Waals surface area (Å²) < 4.78 is 62.4. The molecule has 25 heavy (non-hydrogen) atoms. The molecule has 1 fully saturated rings. The van der Waals surface area contributed by atoms with Gasteiger partial charge in [-0.3, -0.25) is 4.98 Å². The van der Waals surface area contributed by atoms with Crippen LogP contribution in [-0.2, 0) is 10.0 Å². The highest BCUT2D eigenvalue weighted by molar-refractivity contribution is 7.90. The van der Waals surface area contributed by atoms with Crippen molar-refractivity contribution in [3.8, 4) is 0 Å². The molecule has 0 unspecified atom stereocenters. The molecular weight excluding hydrogens is 361 g/mol. The fourth-order valence-corrected chi connectivity index (χ4v) is 3.62. The van der Waals surface area contributed by atoms with Crippen LogP contribution in [0, 0.1) is 0 Å². The second-order valence-corrected chi connectivity index (χ2v) is 7.41. The number of halogens is 3. The smallest absolute Gasteiger partial charge is 0.381 e. The number of carbonyl (C=O) groups excluding carboxylic acids is 1. The lowest BCUT2D eigenvalue weighted by Crippen LogP contribution is -2.43. The van der Waals surface area contributed by atoms with Gasteiger partial charge in [-0.2, -0.15) is 13.2 Å². The lowest BCUT2D eigenvalue weighted by molar-refractivity contribution is -0.122. The van der Waals surface area contributed by atoms with Crippen molar-refractivity contribution in [2.75, 3.05) is 11.9 Å². The van der Waals surface area contributed by atoms with Crippen LogP contribution in [0.25, 0.3) is 0 Å². The second kappa shape index (κ2) is 7.89. The average Bonchev–Trinajstić information content (AvgIpc) is 2.53. The van der Waals surface area contributed by atoms with Gasteiger partial charge in [-0.1, -0.05) is 19.3 Å². The summed E-state index contributed by atoms with van der Waals surface area (Å²) in [5.74, 6) is 0. The highest BCUT2D eigenvalue weighted by Gasteiger charge is 2.29. The first-order valence-electron chi connectivity index (χ1n) is 7.75. The molecule has 0 aromatic carbocycles. The fourth-order valence-electron chi connectivity index (χ4n) is 2.57. The van der Waals surface area contributed by atoms with Crippen molar-refractivity contribution in [2.24, 2.45) is 0 Å². The van der Waals surface area contributed by atoms with Crippen molar-refractivity contribution >= 4 is 21.7 Å². The lowest BCUT2D eigenvalue weighted by Gasteiger charge is -2.24. The molecule has 11 heteroatoms. The summed E-state index contributed by atoms with van der Waals surface area (Å²) in [4.78, 5) is 14.9. The SMILES string of the molecule is O=C(NCC(F)(F)F)NS(=O)(=O)c1cnccc1NC1CCCCC1. The molecule has 7 nitrogen and oxygen atoms in total. The first kappa shape index (κ1) is 19.3. The molecule has 1 aromatic heterocycles. The van der Waals surface area contributed by atoms with Crippen LogP contribution in [0.15, 0.2) is 23.4 Å². The van der Waals surface area contributed by atoms with Crippen molar-refractivity contribution in [2.45, 2.75) is 49.2 Å². The Morgan fingerprint density at radius 2 is 1.92 bits per heavy atom. The van der Waals surface area contributed by atoms with Gasteiger partial charge in [0.2, 0.25) is 0 Å². The van der Waals surface area contributed by atoms with Crippen LogP contribution in [0.2, 0.25) is 0 Å². The standard InChI is InChI=1S/C14H19F3N4O3S/c15-14(16,17)9-19-13(22)21-25(23,24)12-8-18-7-6-11(12)20-10-4-2-1-3-5-10/h6-8,10H,1-5,9H2,(H,18,20)(H2,19,21,22). The van der Waals surface area contributed by atoms with E-state index >= 15 is 0 Å². The van der Waals surface area contributed by atoms with Crippen LogP contribution in [-0.4, -0.2) is 38.2 Å². The Kier molecular flexibility index (Phi) is 6.09. The number of sulfonamides is 1. The number of pyridine rings is 1. The summed E-state index contributed by atoms with van der Waals surface area (Å²) in [5.41, 5.74) is 0.262. The number of hydrogen-bond acceptors (Lipinski definition) is 5. The maximum absolute atomic E-state index is 12.3. The number of anilines is 1. The van der Waals surface area contributed by atoms with E-state index in [1.165, 1.54) is 17.6 Å².